The molecule has 0 atom stereocenters. The number of hydrogen-bond acceptors (Lipinski definition) is 5. The molecule has 150 valence electrons. The van der Waals surface area contributed by atoms with E-state index >= 15 is 0 Å². The second-order valence-electron chi connectivity index (χ2n) is 6.54. The summed E-state index contributed by atoms with van der Waals surface area (Å²) in [6.07, 6.45) is 11.2. The minimum absolute atomic E-state index is 0. The first-order chi connectivity index (χ1) is 12.8. The van der Waals surface area contributed by atoms with E-state index in [1.54, 1.807) is 11.3 Å². The van der Waals surface area contributed by atoms with Crippen LogP contribution in [-0.2, 0) is 32.1 Å². The van der Waals surface area contributed by atoms with E-state index in [1.165, 1.54) is 51.1 Å². The average Bonchev–Trinajstić information content (AvgIpc) is 3.29. The molecule has 0 aliphatic heterocycles. The van der Waals surface area contributed by atoms with Crippen molar-refractivity contribution in [3.8, 4) is 0 Å². The fourth-order valence-electron chi connectivity index (χ4n) is 3.09. The molecule has 8 heteroatoms. The van der Waals surface area contributed by atoms with Gasteiger partial charge in [-0.25, -0.2) is 9.97 Å². The van der Waals surface area contributed by atoms with Gasteiger partial charge in [0.1, 0.15) is 0 Å². The SMILES string of the molecule is CCc1cnc(CCNC(=NC)NCCCc2nc3c(s2)CCCC3)s1.I. The van der Waals surface area contributed by atoms with Crippen molar-refractivity contribution in [1.29, 1.82) is 0 Å². The lowest BCUT2D eigenvalue weighted by molar-refractivity contribution is 0.678. The van der Waals surface area contributed by atoms with Crippen molar-refractivity contribution in [2.24, 2.45) is 4.99 Å². The summed E-state index contributed by atoms with van der Waals surface area (Å²) in [6, 6.07) is 0. The Morgan fingerprint density at radius 3 is 2.67 bits per heavy atom. The zero-order valence-electron chi connectivity index (χ0n) is 16.2. The van der Waals surface area contributed by atoms with Gasteiger partial charge in [-0.1, -0.05) is 6.92 Å². The molecule has 2 N–H and O–H groups in total. The fraction of sp³-hybridized carbons (Fsp3) is 0.632. The molecule has 5 nitrogen and oxygen atoms in total. The molecular weight excluding hydrogens is 489 g/mol. The molecule has 0 aromatic carbocycles. The van der Waals surface area contributed by atoms with Crippen molar-refractivity contribution in [1.82, 2.24) is 20.6 Å². The summed E-state index contributed by atoms with van der Waals surface area (Å²) < 4.78 is 0. The molecule has 0 saturated heterocycles. The smallest absolute Gasteiger partial charge is 0.190 e. The summed E-state index contributed by atoms with van der Waals surface area (Å²) in [5.74, 6) is 0.871. The monoisotopic (exact) mass is 519 g/mol. The maximum Gasteiger partial charge on any atom is 0.190 e. The summed E-state index contributed by atoms with van der Waals surface area (Å²) in [5, 5.41) is 9.27. The van der Waals surface area contributed by atoms with E-state index in [9.17, 15) is 0 Å². The molecular formula is C19H30IN5S2. The highest BCUT2D eigenvalue weighted by molar-refractivity contribution is 14.0. The van der Waals surface area contributed by atoms with Crippen molar-refractivity contribution >= 4 is 52.6 Å². The molecule has 2 heterocycles. The minimum atomic E-state index is 0. The maximum absolute atomic E-state index is 4.82. The molecule has 0 fully saturated rings. The third-order valence-corrected chi connectivity index (χ3v) is 6.97. The first-order valence-electron chi connectivity index (χ1n) is 9.64. The van der Waals surface area contributed by atoms with Gasteiger partial charge in [0.15, 0.2) is 5.96 Å². The topological polar surface area (TPSA) is 62.2 Å². The second-order valence-corrected chi connectivity index (χ2v) is 8.91. The summed E-state index contributed by atoms with van der Waals surface area (Å²) in [4.78, 5) is 16.5. The Morgan fingerprint density at radius 2 is 1.93 bits per heavy atom. The highest BCUT2D eigenvalue weighted by Crippen LogP contribution is 2.27. The third-order valence-electron chi connectivity index (χ3n) is 4.55. The second kappa shape index (κ2) is 12.0. The van der Waals surface area contributed by atoms with Gasteiger partial charge in [0.05, 0.1) is 15.7 Å². The number of aliphatic imine (C=N–C) groups is 1. The number of nitrogens with zero attached hydrogens (tertiary/aromatic N) is 3. The van der Waals surface area contributed by atoms with E-state index in [2.05, 4.69) is 27.5 Å². The van der Waals surface area contributed by atoms with Crippen molar-refractivity contribution in [3.63, 3.8) is 0 Å². The lowest BCUT2D eigenvalue weighted by Gasteiger charge is -2.10. The predicted octanol–water partition coefficient (Wildman–Crippen LogP) is 4.00. The average molecular weight is 520 g/mol. The number of hydrogen-bond donors (Lipinski definition) is 2. The molecule has 0 spiro atoms. The van der Waals surface area contributed by atoms with Crippen molar-refractivity contribution in [3.05, 3.63) is 31.7 Å². The summed E-state index contributed by atoms with van der Waals surface area (Å²) >= 11 is 3.73. The van der Waals surface area contributed by atoms with E-state index in [0.717, 1.165) is 44.7 Å². The normalized spacial score (nSPS) is 13.8. The van der Waals surface area contributed by atoms with Crippen LogP contribution in [0.25, 0.3) is 0 Å². The number of thiazole rings is 2. The van der Waals surface area contributed by atoms with Crippen LogP contribution in [0.15, 0.2) is 11.2 Å². The predicted molar refractivity (Wildman–Crippen MR) is 127 cm³/mol. The minimum Gasteiger partial charge on any atom is -0.356 e. The molecule has 0 saturated carbocycles. The number of aryl methyl sites for hydroxylation is 4. The molecule has 0 amide bonds. The van der Waals surface area contributed by atoms with Gasteiger partial charge in [-0.2, -0.15) is 0 Å². The van der Waals surface area contributed by atoms with Gasteiger partial charge < -0.3 is 10.6 Å². The van der Waals surface area contributed by atoms with Gasteiger partial charge in [-0.05, 0) is 38.5 Å². The van der Waals surface area contributed by atoms with E-state index in [0.29, 0.717) is 0 Å². The van der Waals surface area contributed by atoms with Crippen LogP contribution in [0.2, 0.25) is 0 Å². The van der Waals surface area contributed by atoms with Gasteiger partial charge in [0.2, 0.25) is 0 Å². The third kappa shape index (κ3) is 6.98. The quantitative estimate of drug-likeness (QED) is 0.240. The molecule has 0 unspecified atom stereocenters. The molecule has 2 aromatic heterocycles. The van der Waals surface area contributed by atoms with Gasteiger partial charge in [0.25, 0.3) is 0 Å². The van der Waals surface area contributed by atoms with E-state index in [-0.39, 0.29) is 24.0 Å². The summed E-state index contributed by atoms with van der Waals surface area (Å²) in [6.45, 7) is 3.94. The van der Waals surface area contributed by atoms with Crippen LogP contribution in [0.5, 0.6) is 0 Å². The van der Waals surface area contributed by atoms with Gasteiger partial charge in [-0.15, -0.1) is 46.7 Å². The van der Waals surface area contributed by atoms with Crippen LogP contribution >= 0.6 is 46.7 Å². The number of aromatic nitrogens is 2. The van der Waals surface area contributed by atoms with Crippen molar-refractivity contribution < 1.29 is 0 Å². The molecule has 27 heavy (non-hydrogen) atoms. The Morgan fingerprint density at radius 1 is 1.11 bits per heavy atom. The van der Waals surface area contributed by atoms with Crippen LogP contribution in [-0.4, -0.2) is 36.1 Å². The molecule has 3 rings (SSSR count). The Balaban J connectivity index is 0.00000261. The molecule has 2 aromatic rings. The first kappa shape index (κ1) is 22.5. The first-order valence-corrected chi connectivity index (χ1v) is 11.3. The van der Waals surface area contributed by atoms with Gasteiger partial charge in [-0.3, -0.25) is 4.99 Å². The van der Waals surface area contributed by atoms with E-state index < -0.39 is 0 Å². The van der Waals surface area contributed by atoms with E-state index in [1.807, 2.05) is 24.6 Å². The standard InChI is InChI=1S/C19H29N5S2.HI/c1-3-14-13-23-17(25-14)10-12-22-19(20-2)21-11-6-9-18-24-15-7-4-5-8-16(15)26-18;/h13H,3-12H2,1-2H3,(H2,20,21,22);1H. The largest absolute Gasteiger partial charge is 0.356 e. The van der Waals surface area contributed by atoms with E-state index in [4.69, 9.17) is 4.98 Å². The van der Waals surface area contributed by atoms with Crippen molar-refractivity contribution in [2.45, 2.75) is 58.3 Å². The maximum atomic E-state index is 4.82. The zero-order valence-corrected chi connectivity index (χ0v) is 20.2. The van der Waals surface area contributed by atoms with Crippen LogP contribution in [0, 0.1) is 0 Å². The lowest BCUT2D eigenvalue weighted by Crippen LogP contribution is -2.38. The number of nitrogens with one attached hydrogen (secondary N) is 2. The molecule has 1 aliphatic rings. The highest BCUT2D eigenvalue weighted by atomic mass is 127. The van der Waals surface area contributed by atoms with Gasteiger partial charge in [0, 0.05) is 48.9 Å². The van der Waals surface area contributed by atoms with Crippen molar-refractivity contribution in [2.75, 3.05) is 20.1 Å². The number of guanidine groups is 1. The molecule has 0 radical (unpaired) electrons. The van der Waals surface area contributed by atoms with Gasteiger partial charge >= 0.3 is 0 Å². The Hall–Kier alpha value is -0.740. The highest BCUT2D eigenvalue weighted by Gasteiger charge is 2.14. The number of rotatable bonds is 8. The number of halogens is 1. The summed E-state index contributed by atoms with van der Waals surface area (Å²) in [5.41, 5.74) is 1.37. The Labute approximate surface area is 187 Å². The van der Waals surface area contributed by atoms with Crippen LogP contribution in [0.3, 0.4) is 0 Å². The van der Waals surface area contributed by atoms with Crippen LogP contribution < -0.4 is 10.6 Å². The number of fused-ring (bicyclic) bond motifs is 1. The molecule has 1 aliphatic carbocycles. The summed E-state index contributed by atoms with van der Waals surface area (Å²) in [7, 11) is 1.82. The molecule has 0 bridgehead atoms. The van der Waals surface area contributed by atoms with Crippen LogP contribution in [0.4, 0.5) is 0 Å². The fourth-order valence-corrected chi connectivity index (χ4v) is 5.15. The van der Waals surface area contributed by atoms with Crippen LogP contribution in [0.1, 0.15) is 51.6 Å². The lowest BCUT2D eigenvalue weighted by atomic mass is 10.0. The Bertz CT molecular complexity index is 702. The zero-order chi connectivity index (χ0) is 18.2. The Kier molecular flexibility index (Phi) is 9.99.